The monoisotopic (exact) mass is 419 g/mol. The summed E-state index contributed by atoms with van der Waals surface area (Å²) in [5, 5.41) is 2.92. The highest BCUT2D eigenvalue weighted by atomic mass is 19.1. The number of nitrogens with one attached hydrogen (secondary N) is 1. The van der Waals surface area contributed by atoms with Gasteiger partial charge < -0.3 is 19.4 Å². The molecular formula is C24H22FN3O3. The zero-order chi connectivity index (χ0) is 21.8. The molecule has 0 atom stereocenters. The van der Waals surface area contributed by atoms with Crippen LogP contribution in [0.25, 0.3) is 11.0 Å². The highest BCUT2D eigenvalue weighted by Crippen LogP contribution is 2.27. The molecule has 0 saturated carbocycles. The molecule has 6 nitrogen and oxygen atoms in total. The van der Waals surface area contributed by atoms with Gasteiger partial charge in [-0.2, -0.15) is 0 Å². The van der Waals surface area contributed by atoms with Gasteiger partial charge in [-0.25, -0.2) is 9.37 Å². The maximum atomic E-state index is 13.3. The fourth-order valence-electron chi connectivity index (χ4n) is 3.45. The largest absolute Gasteiger partial charge is 0.493 e. The molecule has 158 valence electrons. The minimum atomic E-state index is -0.276. The molecule has 1 heterocycles. The Hall–Kier alpha value is -3.87. The van der Waals surface area contributed by atoms with Gasteiger partial charge in [0.15, 0.2) is 11.5 Å². The van der Waals surface area contributed by atoms with Crippen LogP contribution in [0.1, 0.15) is 21.7 Å². The molecule has 4 aromatic rings. The van der Waals surface area contributed by atoms with Crippen molar-refractivity contribution < 1.29 is 18.7 Å². The predicted octanol–water partition coefficient (Wildman–Crippen LogP) is 4.17. The first-order chi connectivity index (χ1) is 15.1. The molecule has 0 aliphatic rings. The molecule has 1 N–H and O–H groups in total. The van der Waals surface area contributed by atoms with E-state index in [1.807, 2.05) is 28.8 Å². The van der Waals surface area contributed by atoms with Crippen molar-refractivity contribution in [3.05, 3.63) is 89.5 Å². The number of imidazole rings is 1. The Balaban J connectivity index is 1.58. The Morgan fingerprint density at radius 2 is 1.74 bits per heavy atom. The van der Waals surface area contributed by atoms with Gasteiger partial charge in [-0.1, -0.05) is 24.3 Å². The standard InChI is InChI=1S/C24H22FN3O3/c1-30-21-12-9-17(13-22(21)31-2)24(29)26-14-23-27-19-5-3-4-6-20(19)28(23)15-16-7-10-18(25)11-8-16/h3-13H,14-15H2,1-2H3,(H,26,29). The second kappa shape index (κ2) is 8.87. The van der Waals surface area contributed by atoms with E-state index in [2.05, 4.69) is 10.3 Å². The highest BCUT2D eigenvalue weighted by Gasteiger charge is 2.14. The third-order valence-electron chi connectivity index (χ3n) is 5.04. The van der Waals surface area contributed by atoms with E-state index in [9.17, 15) is 9.18 Å². The second-order valence-electron chi connectivity index (χ2n) is 6.98. The Bertz CT molecular complexity index is 1220. The third-order valence-corrected chi connectivity index (χ3v) is 5.04. The number of rotatable bonds is 7. The molecule has 0 aliphatic heterocycles. The summed E-state index contributed by atoms with van der Waals surface area (Å²) in [6, 6.07) is 19.1. The van der Waals surface area contributed by atoms with E-state index in [0.717, 1.165) is 16.6 Å². The molecule has 0 spiro atoms. The summed E-state index contributed by atoms with van der Waals surface area (Å²) < 4.78 is 25.8. The first kappa shape index (κ1) is 20.4. The number of hydrogen-bond acceptors (Lipinski definition) is 4. The number of hydrogen-bond donors (Lipinski definition) is 1. The normalized spacial score (nSPS) is 10.8. The van der Waals surface area contributed by atoms with Crippen LogP contribution in [0.15, 0.2) is 66.7 Å². The number of carbonyl (C=O) groups is 1. The number of aromatic nitrogens is 2. The maximum Gasteiger partial charge on any atom is 0.251 e. The van der Waals surface area contributed by atoms with Gasteiger partial charge in [0, 0.05) is 12.1 Å². The van der Waals surface area contributed by atoms with Crippen molar-refractivity contribution in [2.75, 3.05) is 14.2 Å². The lowest BCUT2D eigenvalue weighted by Crippen LogP contribution is -2.25. The summed E-state index contributed by atoms with van der Waals surface area (Å²) in [7, 11) is 3.07. The molecule has 4 rings (SSSR count). The topological polar surface area (TPSA) is 65.4 Å². The smallest absolute Gasteiger partial charge is 0.251 e. The van der Waals surface area contributed by atoms with Crippen molar-refractivity contribution in [3.8, 4) is 11.5 Å². The van der Waals surface area contributed by atoms with E-state index in [1.54, 1.807) is 37.4 Å². The van der Waals surface area contributed by atoms with Crippen LogP contribution in [0.3, 0.4) is 0 Å². The summed E-state index contributed by atoms with van der Waals surface area (Å²) in [5.41, 5.74) is 3.18. The first-order valence-corrected chi connectivity index (χ1v) is 9.78. The lowest BCUT2D eigenvalue weighted by Gasteiger charge is -2.12. The van der Waals surface area contributed by atoms with Crippen molar-refractivity contribution in [3.63, 3.8) is 0 Å². The van der Waals surface area contributed by atoms with Gasteiger partial charge in [-0.3, -0.25) is 4.79 Å². The number of para-hydroxylation sites is 2. The van der Waals surface area contributed by atoms with E-state index in [1.165, 1.54) is 19.2 Å². The molecule has 0 aliphatic carbocycles. The van der Waals surface area contributed by atoms with Crippen LogP contribution in [0.5, 0.6) is 11.5 Å². The predicted molar refractivity (Wildman–Crippen MR) is 116 cm³/mol. The number of carbonyl (C=O) groups excluding carboxylic acids is 1. The molecule has 0 bridgehead atoms. The van der Waals surface area contributed by atoms with E-state index < -0.39 is 0 Å². The number of methoxy groups -OCH3 is 2. The van der Waals surface area contributed by atoms with Gasteiger partial charge in [0.25, 0.3) is 5.91 Å². The summed E-state index contributed by atoms with van der Waals surface area (Å²) >= 11 is 0. The number of ether oxygens (including phenoxy) is 2. The maximum absolute atomic E-state index is 13.3. The van der Waals surface area contributed by atoms with Gasteiger partial charge in [0.05, 0.1) is 31.8 Å². The van der Waals surface area contributed by atoms with Crippen molar-refractivity contribution in [1.82, 2.24) is 14.9 Å². The zero-order valence-electron chi connectivity index (χ0n) is 17.3. The van der Waals surface area contributed by atoms with Crippen molar-refractivity contribution in [2.45, 2.75) is 13.1 Å². The number of amides is 1. The summed E-state index contributed by atoms with van der Waals surface area (Å²) in [6.07, 6.45) is 0. The quantitative estimate of drug-likeness (QED) is 0.488. The minimum absolute atomic E-state index is 0.239. The molecule has 0 unspecified atom stereocenters. The fourth-order valence-corrected chi connectivity index (χ4v) is 3.45. The van der Waals surface area contributed by atoms with Crippen LogP contribution < -0.4 is 14.8 Å². The minimum Gasteiger partial charge on any atom is -0.493 e. The summed E-state index contributed by atoms with van der Waals surface area (Å²) in [6.45, 7) is 0.755. The van der Waals surface area contributed by atoms with E-state index >= 15 is 0 Å². The average molecular weight is 419 g/mol. The summed E-state index contributed by atoms with van der Waals surface area (Å²) in [4.78, 5) is 17.4. The van der Waals surface area contributed by atoms with Crippen LogP contribution >= 0.6 is 0 Å². The molecule has 0 fully saturated rings. The zero-order valence-corrected chi connectivity index (χ0v) is 17.3. The van der Waals surface area contributed by atoms with Gasteiger partial charge in [-0.05, 0) is 48.0 Å². The number of nitrogens with zero attached hydrogens (tertiary/aromatic N) is 2. The van der Waals surface area contributed by atoms with Crippen molar-refractivity contribution in [2.24, 2.45) is 0 Å². The molecule has 1 aromatic heterocycles. The van der Waals surface area contributed by atoms with Crippen LogP contribution in [-0.4, -0.2) is 29.7 Å². The Morgan fingerprint density at radius 3 is 2.48 bits per heavy atom. The van der Waals surface area contributed by atoms with Crippen LogP contribution in [0.2, 0.25) is 0 Å². The van der Waals surface area contributed by atoms with Gasteiger partial charge in [0.2, 0.25) is 0 Å². The lowest BCUT2D eigenvalue weighted by atomic mass is 10.2. The molecule has 3 aromatic carbocycles. The molecule has 7 heteroatoms. The Morgan fingerprint density at radius 1 is 1.00 bits per heavy atom. The van der Waals surface area contributed by atoms with Gasteiger partial charge in [-0.15, -0.1) is 0 Å². The van der Waals surface area contributed by atoms with Gasteiger partial charge in [0.1, 0.15) is 11.6 Å². The van der Waals surface area contributed by atoms with E-state index in [4.69, 9.17) is 9.47 Å². The Labute approximate surface area is 179 Å². The first-order valence-electron chi connectivity index (χ1n) is 9.78. The average Bonchev–Trinajstić information content (AvgIpc) is 3.15. The van der Waals surface area contributed by atoms with E-state index in [0.29, 0.717) is 29.4 Å². The summed E-state index contributed by atoms with van der Waals surface area (Å²) in [5.74, 6) is 1.22. The van der Waals surface area contributed by atoms with Crippen molar-refractivity contribution >= 4 is 16.9 Å². The van der Waals surface area contributed by atoms with Gasteiger partial charge >= 0.3 is 0 Å². The lowest BCUT2D eigenvalue weighted by molar-refractivity contribution is 0.0949. The third kappa shape index (κ3) is 4.35. The molecule has 0 radical (unpaired) electrons. The SMILES string of the molecule is COc1ccc(C(=O)NCc2nc3ccccc3n2Cc2ccc(F)cc2)cc1OC. The molecule has 0 saturated heterocycles. The number of benzene rings is 3. The van der Waals surface area contributed by atoms with Crippen LogP contribution in [0.4, 0.5) is 4.39 Å². The van der Waals surface area contributed by atoms with Crippen LogP contribution in [-0.2, 0) is 13.1 Å². The second-order valence-corrected chi connectivity index (χ2v) is 6.98. The Kier molecular flexibility index (Phi) is 5.84. The molecule has 1 amide bonds. The molecule has 31 heavy (non-hydrogen) atoms. The van der Waals surface area contributed by atoms with Crippen molar-refractivity contribution in [1.29, 1.82) is 0 Å². The highest BCUT2D eigenvalue weighted by molar-refractivity contribution is 5.94. The number of fused-ring (bicyclic) bond motifs is 1. The number of halogens is 1. The van der Waals surface area contributed by atoms with Crippen LogP contribution in [0, 0.1) is 5.82 Å². The fraction of sp³-hybridized carbons (Fsp3) is 0.167. The van der Waals surface area contributed by atoms with E-state index in [-0.39, 0.29) is 18.3 Å². The molecular weight excluding hydrogens is 397 g/mol.